The molecule has 0 aliphatic carbocycles. The lowest BCUT2D eigenvalue weighted by atomic mass is 10.1. The maximum absolute atomic E-state index is 5.89. The van der Waals surface area contributed by atoms with Crippen LogP contribution in [-0.4, -0.2) is 26.3 Å². The van der Waals surface area contributed by atoms with E-state index in [2.05, 4.69) is 31.7 Å². The Bertz CT molecular complexity index is 571. The number of benzene rings is 2. The highest BCUT2D eigenvalue weighted by Crippen LogP contribution is 2.28. The molecule has 0 fully saturated rings. The molecule has 2 aromatic carbocycles. The highest BCUT2D eigenvalue weighted by Gasteiger charge is 2.09. The smallest absolute Gasteiger partial charge is 0.124 e. The fourth-order valence-electron chi connectivity index (χ4n) is 2.49. The minimum Gasteiger partial charge on any atom is -0.490 e. The summed E-state index contributed by atoms with van der Waals surface area (Å²) < 4.78 is 11.5. The number of anilines is 1. The Hall–Kier alpha value is -1.87. The maximum Gasteiger partial charge on any atom is 0.124 e. The van der Waals surface area contributed by atoms with Gasteiger partial charge < -0.3 is 14.4 Å². The molecule has 0 radical (unpaired) electrons. The Morgan fingerprint density at radius 1 is 0.826 bits per heavy atom. The molecule has 0 saturated carbocycles. The highest BCUT2D eigenvalue weighted by molar-refractivity contribution is 5.85. The number of halogens is 1. The van der Waals surface area contributed by atoms with E-state index in [0.717, 1.165) is 24.6 Å². The van der Waals surface area contributed by atoms with Gasteiger partial charge in [-0.3, -0.25) is 0 Å². The Kier molecular flexibility index (Phi) is 8.35. The van der Waals surface area contributed by atoms with Crippen LogP contribution in [0.4, 0.5) is 5.69 Å². The van der Waals surface area contributed by atoms with Crippen LogP contribution in [0.2, 0.25) is 0 Å². The lowest BCUT2D eigenvalue weighted by molar-refractivity contribution is 0.216. The van der Waals surface area contributed by atoms with Crippen molar-refractivity contribution in [3.8, 4) is 11.5 Å². The van der Waals surface area contributed by atoms with Crippen LogP contribution in [0.25, 0.3) is 0 Å². The molecule has 0 unspecified atom stereocenters. The summed E-state index contributed by atoms with van der Waals surface area (Å²) in [7, 11) is 0. The number of nitrogens with zero attached hydrogens (tertiary/aromatic N) is 1. The SMILES string of the molecule is CCN(CC)c1cccc(OCCOc2ccccc2)c1C.Cl. The van der Waals surface area contributed by atoms with Gasteiger partial charge in [0, 0.05) is 24.3 Å². The topological polar surface area (TPSA) is 21.7 Å². The first-order chi connectivity index (χ1) is 10.8. The predicted molar refractivity (Wildman–Crippen MR) is 99.4 cm³/mol. The largest absolute Gasteiger partial charge is 0.490 e. The van der Waals surface area contributed by atoms with Gasteiger partial charge in [-0.25, -0.2) is 0 Å². The molecule has 0 aliphatic heterocycles. The van der Waals surface area contributed by atoms with Crippen molar-refractivity contribution in [2.24, 2.45) is 0 Å². The summed E-state index contributed by atoms with van der Waals surface area (Å²) in [4.78, 5) is 2.34. The first-order valence-corrected chi connectivity index (χ1v) is 7.91. The van der Waals surface area contributed by atoms with Gasteiger partial charge in [0.1, 0.15) is 24.7 Å². The van der Waals surface area contributed by atoms with Crippen molar-refractivity contribution in [2.75, 3.05) is 31.2 Å². The molecule has 2 aromatic rings. The molecule has 0 saturated heterocycles. The van der Waals surface area contributed by atoms with Crippen LogP contribution >= 0.6 is 12.4 Å². The number of ether oxygens (including phenoxy) is 2. The molecule has 0 spiro atoms. The second-order valence-corrected chi connectivity index (χ2v) is 5.08. The van der Waals surface area contributed by atoms with Crippen LogP contribution < -0.4 is 14.4 Å². The van der Waals surface area contributed by atoms with E-state index in [1.165, 1.54) is 11.3 Å². The van der Waals surface area contributed by atoms with E-state index in [4.69, 9.17) is 9.47 Å². The first-order valence-electron chi connectivity index (χ1n) is 7.91. The van der Waals surface area contributed by atoms with Gasteiger partial charge in [-0.15, -0.1) is 12.4 Å². The second kappa shape index (κ2) is 10.0. The minimum atomic E-state index is 0. The molecule has 4 heteroatoms. The van der Waals surface area contributed by atoms with E-state index < -0.39 is 0 Å². The van der Waals surface area contributed by atoms with Crippen molar-refractivity contribution in [3.63, 3.8) is 0 Å². The summed E-state index contributed by atoms with van der Waals surface area (Å²) in [6, 6.07) is 16.0. The van der Waals surface area contributed by atoms with E-state index >= 15 is 0 Å². The van der Waals surface area contributed by atoms with Gasteiger partial charge in [-0.1, -0.05) is 24.3 Å². The van der Waals surface area contributed by atoms with Crippen LogP contribution in [0.1, 0.15) is 19.4 Å². The molecule has 2 rings (SSSR count). The zero-order valence-electron chi connectivity index (χ0n) is 14.1. The van der Waals surface area contributed by atoms with E-state index in [-0.39, 0.29) is 12.4 Å². The minimum absolute atomic E-state index is 0. The lowest BCUT2D eigenvalue weighted by Crippen LogP contribution is -2.23. The van der Waals surface area contributed by atoms with Gasteiger partial charge in [-0.05, 0) is 45.0 Å². The molecular formula is C19H26ClNO2. The Balaban J connectivity index is 0.00000264. The molecule has 0 bridgehead atoms. The standard InChI is InChI=1S/C19H25NO2.ClH/c1-4-20(5-2)18-12-9-13-19(16(18)3)22-15-14-21-17-10-7-6-8-11-17;/h6-13H,4-5,14-15H2,1-3H3;1H. The average molecular weight is 336 g/mol. The van der Waals surface area contributed by atoms with Crippen molar-refractivity contribution >= 4 is 18.1 Å². The second-order valence-electron chi connectivity index (χ2n) is 5.08. The third-order valence-electron chi connectivity index (χ3n) is 3.71. The molecular weight excluding hydrogens is 310 g/mol. The van der Waals surface area contributed by atoms with Gasteiger partial charge in [0.2, 0.25) is 0 Å². The van der Waals surface area contributed by atoms with E-state index in [1.807, 2.05) is 42.5 Å². The molecule has 0 atom stereocenters. The molecule has 0 aromatic heterocycles. The fourth-order valence-corrected chi connectivity index (χ4v) is 2.49. The zero-order chi connectivity index (χ0) is 15.8. The molecule has 0 amide bonds. The van der Waals surface area contributed by atoms with Crippen molar-refractivity contribution in [1.29, 1.82) is 0 Å². The van der Waals surface area contributed by atoms with Crippen LogP contribution in [0.5, 0.6) is 11.5 Å². The number of hydrogen-bond donors (Lipinski definition) is 0. The van der Waals surface area contributed by atoms with Gasteiger partial charge in [0.25, 0.3) is 0 Å². The van der Waals surface area contributed by atoms with E-state index in [1.54, 1.807) is 0 Å². The van der Waals surface area contributed by atoms with Gasteiger partial charge >= 0.3 is 0 Å². The summed E-state index contributed by atoms with van der Waals surface area (Å²) in [6.07, 6.45) is 0. The van der Waals surface area contributed by atoms with Crippen LogP contribution in [0, 0.1) is 6.92 Å². The summed E-state index contributed by atoms with van der Waals surface area (Å²) in [5, 5.41) is 0. The quantitative estimate of drug-likeness (QED) is 0.651. The normalized spacial score (nSPS) is 9.87. The number of para-hydroxylation sites is 1. The summed E-state index contributed by atoms with van der Waals surface area (Å²) in [5.41, 5.74) is 2.43. The maximum atomic E-state index is 5.89. The Morgan fingerprint density at radius 3 is 2.13 bits per heavy atom. The zero-order valence-corrected chi connectivity index (χ0v) is 14.9. The van der Waals surface area contributed by atoms with Gasteiger partial charge in [0.15, 0.2) is 0 Å². The van der Waals surface area contributed by atoms with Crippen LogP contribution in [0.3, 0.4) is 0 Å². The third-order valence-corrected chi connectivity index (χ3v) is 3.71. The third kappa shape index (κ3) is 5.36. The Morgan fingerprint density at radius 2 is 1.48 bits per heavy atom. The van der Waals surface area contributed by atoms with Gasteiger partial charge in [-0.2, -0.15) is 0 Å². The molecule has 23 heavy (non-hydrogen) atoms. The van der Waals surface area contributed by atoms with E-state index in [9.17, 15) is 0 Å². The predicted octanol–water partition coefficient (Wildman–Crippen LogP) is 4.72. The summed E-state index contributed by atoms with van der Waals surface area (Å²) >= 11 is 0. The van der Waals surface area contributed by atoms with Crippen molar-refractivity contribution < 1.29 is 9.47 Å². The summed E-state index contributed by atoms with van der Waals surface area (Å²) in [6.45, 7) is 9.53. The lowest BCUT2D eigenvalue weighted by Gasteiger charge is -2.24. The van der Waals surface area contributed by atoms with E-state index in [0.29, 0.717) is 13.2 Å². The van der Waals surface area contributed by atoms with Gasteiger partial charge in [0.05, 0.1) is 0 Å². The summed E-state index contributed by atoms with van der Waals surface area (Å²) in [5.74, 6) is 1.81. The molecule has 0 aliphatic rings. The average Bonchev–Trinajstić information content (AvgIpc) is 2.56. The van der Waals surface area contributed by atoms with Crippen molar-refractivity contribution in [3.05, 3.63) is 54.1 Å². The molecule has 0 N–H and O–H groups in total. The number of rotatable bonds is 8. The Labute approximate surface area is 145 Å². The monoisotopic (exact) mass is 335 g/mol. The fraction of sp³-hybridized carbons (Fsp3) is 0.368. The van der Waals surface area contributed by atoms with Crippen LogP contribution in [0.15, 0.2) is 48.5 Å². The molecule has 0 heterocycles. The first kappa shape index (κ1) is 19.2. The molecule has 3 nitrogen and oxygen atoms in total. The van der Waals surface area contributed by atoms with Crippen molar-refractivity contribution in [2.45, 2.75) is 20.8 Å². The number of hydrogen-bond acceptors (Lipinski definition) is 3. The van der Waals surface area contributed by atoms with Crippen molar-refractivity contribution in [1.82, 2.24) is 0 Å². The van der Waals surface area contributed by atoms with Crippen LogP contribution in [-0.2, 0) is 0 Å². The molecule has 126 valence electrons. The highest BCUT2D eigenvalue weighted by atomic mass is 35.5.